The predicted octanol–water partition coefficient (Wildman–Crippen LogP) is 7.57. The van der Waals surface area contributed by atoms with Crippen LogP contribution < -0.4 is 10.4 Å². The molecule has 0 radical (unpaired) electrons. The summed E-state index contributed by atoms with van der Waals surface area (Å²) in [4.78, 5) is 0. The molecule has 0 spiro atoms. The highest BCUT2D eigenvalue weighted by Crippen LogP contribution is 2.49. The van der Waals surface area contributed by atoms with Crippen molar-refractivity contribution in [1.82, 2.24) is 0 Å². The zero-order chi connectivity index (χ0) is 19.1. The fourth-order valence-electron chi connectivity index (χ4n) is 3.68. The molecule has 5 rings (SSSR count). The molecule has 0 unspecified atom stereocenters. The molecule has 2 aromatic carbocycles. The Hall–Kier alpha value is -0.986. The third kappa shape index (κ3) is 2.78. The van der Waals surface area contributed by atoms with Crippen molar-refractivity contribution in [3.63, 3.8) is 0 Å². The lowest BCUT2D eigenvalue weighted by Crippen LogP contribution is -2.37. The number of hydrogen-bond donors (Lipinski definition) is 0. The molecule has 0 amide bonds. The van der Waals surface area contributed by atoms with E-state index in [0.29, 0.717) is 0 Å². The topological polar surface area (TPSA) is 0 Å². The van der Waals surface area contributed by atoms with E-state index in [9.17, 15) is 0 Å². The van der Waals surface area contributed by atoms with Gasteiger partial charge in [-0.15, -0.1) is 34.0 Å². The molecule has 138 valence electrons. The highest BCUT2D eigenvalue weighted by molar-refractivity contribution is 7.43. The van der Waals surface area contributed by atoms with Gasteiger partial charge in [0.15, 0.2) is 0 Å². The average molecular weight is 441 g/mol. The van der Waals surface area contributed by atoms with Gasteiger partial charge in [-0.2, -0.15) is 0 Å². The minimum atomic E-state index is -1.27. The Bertz CT molecular complexity index is 1230. The van der Waals surface area contributed by atoms with E-state index in [-0.39, 0.29) is 0 Å². The molecule has 0 saturated carbocycles. The molecular formula is C22H24S3Si2. The Balaban J connectivity index is 1.79. The zero-order valence-corrected chi connectivity index (χ0v) is 21.1. The Morgan fingerprint density at radius 1 is 0.519 bits per heavy atom. The van der Waals surface area contributed by atoms with E-state index in [2.05, 4.69) is 75.7 Å². The van der Waals surface area contributed by atoms with Crippen molar-refractivity contribution in [1.29, 1.82) is 0 Å². The van der Waals surface area contributed by atoms with Crippen LogP contribution in [-0.4, -0.2) is 16.1 Å². The van der Waals surface area contributed by atoms with Crippen LogP contribution in [0.4, 0.5) is 0 Å². The second kappa shape index (κ2) is 5.77. The summed E-state index contributed by atoms with van der Waals surface area (Å²) in [5.74, 6) is 0. The van der Waals surface area contributed by atoms with Crippen molar-refractivity contribution in [3.8, 4) is 0 Å². The lowest BCUT2D eigenvalue weighted by molar-refractivity contribution is 1.74. The van der Waals surface area contributed by atoms with Crippen molar-refractivity contribution >= 4 is 99.5 Å². The molecule has 0 nitrogen and oxygen atoms in total. The van der Waals surface area contributed by atoms with Gasteiger partial charge < -0.3 is 0 Å². The molecule has 0 bridgehead atoms. The third-order valence-corrected chi connectivity index (χ3v) is 13.5. The monoisotopic (exact) mass is 440 g/mol. The van der Waals surface area contributed by atoms with Crippen LogP contribution in [0.1, 0.15) is 0 Å². The summed E-state index contributed by atoms with van der Waals surface area (Å²) in [6, 6.07) is 14.5. The summed E-state index contributed by atoms with van der Waals surface area (Å²) in [6.07, 6.45) is 0. The Kier molecular flexibility index (Phi) is 3.86. The molecule has 3 heterocycles. The van der Waals surface area contributed by atoms with Crippen molar-refractivity contribution in [3.05, 3.63) is 36.4 Å². The van der Waals surface area contributed by atoms with Gasteiger partial charge in [-0.05, 0) is 12.1 Å². The van der Waals surface area contributed by atoms with Crippen LogP contribution >= 0.6 is 34.0 Å². The number of fused-ring (bicyclic) bond motifs is 7. The first-order valence-electron chi connectivity index (χ1n) is 9.45. The fraction of sp³-hybridized carbons (Fsp3) is 0.273. The lowest BCUT2D eigenvalue weighted by atomic mass is 10.2. The summed E-state index contributed by atoms with van der Waals surface area (Å²) in [5.41, 5.74) is 0. The molecule has 3 aromatic heterocycles. The van der Waals surface area contributed by atoms with Crippen LogP contribution in [0.2, 0.25) is 39.3 Å². The van der Waals surface area contributed by atoms with Gasteiger partial charge in [-0.3, -0.25) is 0 Å². The molecule has 0 N–H and O–H groups in total. The Labute approximate surface area is 174 Å². The highest BCUT2D eigenvalue weighted by Gasteiger charge is 2.22. The van der Waals surface area contributed by atoms with Crippen molar-refractivity contribution in [2.45, 2.75) is 39.3 Å². The van der Waals surface area contributed by atoms with Crippen LogP contribution in [0, 0.1) is 0 Å². The van der Waals surface area contributed by atoms with Crippen LogP contribution in [0.5, 0.6) is 0 Å². The van der Waals surface area contributed by atoms with E-state index in [1.54, 1.807) is 10.4 Å². The van der Waals surface area contributed by atoms with Gasteiger partial charge in [-0.1, -0.05) is 73.9 Å². The summed E-state index contributed by atoms with van der Waals surface area (Å²) in [5, 5.41) is 6.04. The first-order valence-corrected chi connectivity index (χ1v) is 18.9. The van der Waals surface area contributed by atoms with Gasteiger partial charge in [0, 0.05) is 20.2 Å². The van der Waals surface area contributed by atoms with E-state index in [1.807, 2.05) is 34.0 Å². The summed E-state index contributed by atoms with van der Waals surface area (Å²) >= 11 is 6.01. The third-order valence-electron chi connectivity index (χ3n) is 5.43. The summed E-state index contributed by atoms with van der Waals surface area (Å²) < 4.78 is 8.95. The lowest BCUT2D eigenvalue weighted by Gasteiger charge is -2.16. The maximum Gasteiger partial charge on any atom is 0.0776 e. The molecule has 0 aliphatic rings. The second-order valence-electron chi connectivity index (χ2n) is 9.54. The van der Waals surface area contributed by atoms with Crippen molar-refractivity contribution < 1.29 is 0 Å². The standard InChI is InChI=1S/C22H24S3Si2/c1-26(2,3)13-7-9-15-17(11-13)23-21-19(15)25-20-16-10-8-14(27(4,5)6)12-18(16)24-22(20)21/h7-12H,1-6H3. The van der Waals surface area contributed by atoms with Gasteiger partial charge in [0.1, 0.15) is 0 Å². The predicted molar refractivity (Wildman–Crippen MR) is 136 cm³/mol. The van der Waals surface area contributed by atoms with E-state index in [1.165, 1.54) is 39.0 Å². The number of rotatable bonds is 2. The first-order chi connectivity index (χ1) is 12.6. The molecule has 0 fully saturated rings. The normalized spacial score (nSPS) is 13.6. The molecule has 0 saturated heterocycles. The number of hydrogen-bond acceptors (Lipinski definition) is 3. The van der Waals surface area contributed by atoms with E-state index < -0.39 is 16.1 Å². The van der Waals surface area contributed by atoms with E-state index in [0.717, 1.165) is 0 Å². The molecule has 0 aliphatic heterocycles. The van der Waals surface area contributed by atoms with Gasteiger partial charge in [0.05, 0.1) is 34.9 Å². The smallest absolute Gasteiger partial charge is 0.0776 e. The zero-order valence-electron chi connectivity index (χ0n) is 16.7. The summed E-state index contributed by atoms with van der Waals surface area (Å²) in [6.45, 7) is 14.6. The molecule has 27 heavy (non-hydrogen) atoms. The van der Waals surface area contributed by atoms with E-state index >= 15 is 0 Å². The minimum absolute atomic E-state index is 1.27. The Morgan fingerprint density at radius 3 is 1.30 bits per heavy atom. The van der Waals surface area contributed by atoms with Gasteiger partial charge >= 0.3 is 0 Å². The minimum Gasteiger partial charge on any atom is -0.133 e. The average Bonchev–Trinajstić information content (AvgIpc) is 3.20. The second-order valence-corrected chi connectivity index (χ2v) is 22.8. The van der Waals surface area contributed by atoms with Crippen molar-refractivity contribution in [2.75, 3.05) is 0 Å². The maximum absolute atomic E-state index is 2.47. The van der Waals surface area contributed by atoms with Crippen LogP contribution in [0.25, 0.3) is 39.0 Å². The van der Waals surface area contributed by atoms with Crippen LogP contribution in [0.15, 0.2) is 36.4 Å². The largest absolute Gasteiger partial charge is 0.133 e. The fourth-order valence-corrected chi connectivity index (χ4v) is 10.6. The first kappa shape index (κ1) is 18.1. The molecule has 0 aliphatic carbocycles. The number of thiophene rings is 3. The molecule has 5 heteroatoms. The molecular weight excluding hydrogens is 417 g/mol. The maximum atomic E-state index is 2.47. The van der Waals surface area contributed by atoms with Crippen LogP contribution in [-0.2, 0) is 0 Å². The quantitative estimate of drug-likeness (QED) is 0.248. The van der Waals surface area contributed by atoms with Gasteiger partial charge in [0.2, 0.25) is 0 Å². The highest BCUT2D eigenvalue weighted by atomic mass is 32.1. The number of benzene rings is 2. The van der Waals surface area contributed by atoms with Gasteiger partial charge in [-0.25, -0.2) is 0 Å². The molecule has 0 atom stereocenters. The molecule has 5 aromatic rings. The van der Waals surface area contributed by atoms with Gasteiger partial charge in [0.25, 0.3) is 0 Å². The summed E-state index contributed by atoms with van der Waals surface area (Å²) in [7, 11) is -2.53. The van der Waals surface area contributed by atoms with E-state index in [4.69, 9.17) is 0 Å². The van der Waals surface area contributed by atoms with Crippen LogP contribution in [0.3, 0.4) is 0 Å². The SMILES string of the molecule is C[Si](C)(C)c1ccc2c(c1)sc1c2sc2c3ccc([Si](C)(C)C)cc3sc21. The van der Waals surface area contributed by atoms with Crippen molar-refractivity contribution in [2.24, 2.45) is 0 Å². The Morgan fingerprint density at radius 2 is 0.926 bits per heavy atom.